The minimum absolute atomic E-state index is 0.0987. The van der Waals surface area contributed by atoms with Crippen LogP contribution in [-0.4, -0.2) is 31.5 Å². The molecule has 0 atom stereocenters. The Kier molecular flexibility index (Phi) is 6.39. The van der Waals surface area contributed by atoms with Crippen molar-refractivity contribution < 1.29 is 14.3 Å². The fourth-order valence-corrected chi connectivity index (χ4v) is 2.19. The number of nitrogens with one attached hydrogen (secondary N) is 3. The Morgan fingerprint density at radius 1 is 1.04 bits per heavy atom. The largest absolute Gasteiger partial charge is 0.491 e. The maximum atomic E-state index is 12.0. The molecule has 6 nitrogen and oxygen atoms in total. The molecular weight excluding hydrogens is 318 g/mol. The molecule has 132 valence electrons. The summed E-state index contributed by atoms with van der Waals surface area (Å²) in [7, 11) is 1.58. The van der Waals surface area contributed by atoms with Crippen LogP contribution in [0.15, 0.2) is 48.5 Å². The van der Waals surface area contributed by atoms with Crippen molar-refractivity contribution in [2.75, 3.05) is 24.2 Å². The number of carbonyl (C=O) groups is 2. The normalized spacial score (nSPS) is 10.2. The fourth-order valence-electron chi connectivity index (χ4n) is 2.19. The van der Waals surface area contributed by atoms with E-state index in [-0.39, 0.29) is 24.5 Å². The molecule has 0 saturated heterocycles. The second-order valence-electron chi connectivity index (χ2n) is 5.75. The summed E-state index contributed by atoms with van der Waals surface area (Å²) in [6, 6.07) is 14.2. The quantitative estimate of drug-likeness (QED) is 0.723. The lowest BCUT2D eigenvalue weighted by atomic mass is 10.2. The maximum Gasteiger partial charge on any atom is 0.251 e. The van der Waals surface area contributed by atoms with Gasteiger partial charge in [-0.25, -0.2) is 0 Å². The predicted molar refractivity (Wildman–Crippen MR) is 99.2 cm³/mol. The predicted octanol–water partition coefficient (Wildman–Crippen LogP) is 2.88. The molecule has 2 aromatic rings. The SMILES string of the molecule is CNC(=O)c1cccc(NCC(=O)Nc2ccc(OC(C)C)cc2)c1. The molecule has 0 saturated carbocycles. The molecule has 0 spiro atoms. The molecule has 0 radical (unpaired) electrons. The second kappa shape index (κ2) is 8.73. The monoisotopic (exact) mass is 341 g/mol. The van der Waals surface area contributed by atoms with Crippen LogP contribution in [0.1, 0.15) is 24.2 Å². The molecule has 2 aromatic carbocycles. The van der Waals surface area contributed by atoms with Crippen LogP contribution in [0.4, 0.5) is 11.4 Å². The third kappa shape index (κ3) is 5.84. The van der Waals surface area contributed by atoms with Gasteiger partial charge >= 0.3 is 0 Å². The van der Waals surface area contributed by atoms with Crippen LogP contribution < -0.4 is 20.7 Å². The summed E-state index contributed by atoms with van der Waals surface area (Å²) in [5, 5.41) is 8.38. The average molecular weight is 341 g/mol. The first-order valence-electron chi connectivity index (χ1n) is 8.10. The summed E-state index contributed by atoms with van der Waals surface area (Å²) in [5.74, 6) is 0.414. The molecule has 0 heterocycles. The zero-order valence-electron chi connectivity index (χ0n) is 14.6. The number of rotatable bonds is 7. The van der Waals surface area contributed by atoms with Gasteiger partial charge in [0.1, 0.15) is 5.75 Å². The van der Waals surface area contributed by atoms with Crippen molar-refractivity contribution in [3.63, 3.8) is 0 Å². The average Bonchev–Trinajstić information content (AvgIpc) is 2.61. The molecule has 0 unspecified atom stereocenters. The molecule has 0 aliphatic carbocycles. The van der Waals surface area contributed by atoms with Gasteiger partial charge in [-0.1, -0.05) is 6.07 Å². The minimum Gasteiger partial charge on any atom is -0.491 e. The maximum absolute atomic E-state index is 12.0. The van der Waals surface area contributed by atoms with E-state index in [2.05, 4.69) is 16.0 Å². The topological polar surface area (TPSA) is 79.5 Å². The first kappa shape index (κ1) is 18.3. The summed E-state index contributed by atoms with van der Waals surface area (Å²) in [6.07, 6.45) is 0.107. The highest BCUT2D eigenvalue weighted by Gasteiger charge is 2.06. The number of ether oxygens (including phenoxy) is 1. The van der Waals surface area contributed by atoms with E-state index in [9.17, 15) is 9.59 Å². The van der Waals surface area contributed by atoms with Gasteiger partial charge in [0, 0.05) is 24.0 Å². The lowest BCUT2D eigenvalue weighted by Gasteiger charge is -2.11. The third-order valence-corrected chi connectivity index (χ3v) is 3.31. The van der Waals surface area contributed by atoms with Gasteiger partial charge in [-0.3, -0.25) is 9.59 Å². The molecule has 25 heavy (non-hydrogen) atoms. The summed E-state index contributed by atoms with van der Waals surface area (Å²) in [5.41, 5.74) is 1.94. The van der Waals surface area contributed by atoms with Crippen molar-refractivity contribution in [3.8, 4) is 5.75 Å². The van der Waals surface area contributed by atoms with E-state index in [1.54, 1.807) is 43.4 Å². The van der Waals surface area contributed by atoms with Gasteiger partial charge in [-0.15, -0.1) is 0 Å². The van der Waals surface area contributed by atoms with Crippen LogP contribution in [0.3, 0.4) is 0 Å². The highest BCUT2D eigenvalue weighted by atomic mass is 16.5. The van der Waals surface area contributed by atoms with Crippen molar-refractivity contribution in [2.45, 2.75) is 20.0 Å². The van der Waals surface area contributed by atoms with Crippen LogP contribution in [0.2, 0.25) is 0 Å². The van der Waals surface area contributed by atoms with E-state index in [1.807, 2.05) is 26.0 Å². The summed E-state index contributed by atoms with van der Waals surface area (Å²) < 4.78 is 5.56. The Bertz CT molecular complexity index is 727. The molecular formula is C19H23N3O3. The number of anilines is 2. The highest BCUT2D eigenvalue weighted by molar-refractivity contribution is 5.96. The lowest BCUT2D eigenvalue weighted by Crippen LogP contribution is -2.22. The van der Waals surface area contributed by atoms with E-state index >= 15 is 0 Å². The number of benzene rings is 2. The summed E-state index contributed by atoms with van der Waals surface area (Å²) in [4.78, 5) is 23.7. The number of amides is 2. The van der Waals surface area contributed by atoms with Crippen molar-refractivity contribution in [3.05, 3.63) is 54.1 Å². The highest BCUT2D eigenvalue weighted by Crippen LogP contribution is 2.17. The zero-order valence-corrected chi connectivity index (χ0v) is 14.6. The van der Waals surface area contributed by atoms with Crippen molar-refractivity contribution in [1.29, 1.82) is 0 Å². The van der Waals surface area contributed by atoms with Gasteiger partial charge in [-0.05, 0) is 56.3 Å². The minimum atomic E-state index is -0.178. The van der Waals surface area contributed by atoms with E-state index in [0.29, 0.717) is 16.9 Å². The van der Waals surface area contributed by atoms with E-state index in [1.165, 1.54) is 0 Å². The standard InChI is InChI=1S/C19H23N3O3/c1-13(2)25-17-9-7-15(8-10-17)22-18(23)12-21-16-6-4-5-14(11-16)19(24)20-3/h4-11,13,21H,12H2,1-3H3,(H,20,24)(H,22,23). The van der Waals surface area contributed by atoms with Crippen molar-refractivity contribution >= 4 is 23.2 Å². The Morgan fingerprint density at radius 2 is 1.76 bits per heavy atom. The third-order valence-electron chi connectivity index (χ3n) is 3.31. The Morgan fingerprint density at radius 3 is 2.40 bits per heavy atom. The molecule has 0 fully saturated rings. The van der Waals surface area contributed by atoms with Crippen LogP contribution >= 0.6 is 0 Å². The van der Waals surface area contributed by atoms with Crippen LogP contribution in [0, 0.1) is 0 Å². The first-order chi connectivity index (χ1) is 12.0. The smallest absolute Gasteiger partial charge is 0.251 e. The van der Waals surface area contributed by atoms with E-state index in [0.717, 1.165) is 5.75 Å². The van der Waals surface area contributed by atoms with Gasteiger partial charge in [0.2, 0.25) is 5.91 Å². The Labute approximate surface area is 147 Å². The molecule has 0 bridgehead atoms. The number of carbonyl (C=O) groups excluding carboxylic acids is 2. The van der Waals surface area contributed by atoms with Crippen LogP contribution in [0.25, 0.3) is 0 Å². The first-order valence-corrected chi connectivity index (χ1v) is 8.10. The van der Waals surface area contributed by atoms with E-state index < -0.39 is 0 Å². The molecule has 0 aromatic heterocycles. The van der Waals surface area contributed by atoms with Crippen molar-refractivity contribution in [1.82, 2.24) is 5.32 Å². The molecule has 0 aliphatic heterocycles. The fraction of sp³-hybridized carbons (Fsp3) is 0.263. The second-order valence-corrected chi connectivity index (χ2v) is 5.75. The van der Waals surface area contributed by atoms with Gasteiger partial charge in [0.05, 0.1) is 12.6 Å². The molecule has 2 amide bonds. The molecule has 3 N–H and O–H groups in total. The molecule has 6 heteroatoms. The Balaban J connectivity index is 1.87. The van der Waals surface area contributed by atoms with Gasteiger partial charge in [0.25, 0.3) is 5.91 Å². The van der Waals surface area contributed by atoms with Gasteiger partial charge in [-0.2, -0.15) is 0 Å². The van der Waals surface area contributed by atoms with Gasteiger partial charge in [0.15, 0.2) is 0 Å². The van der Waals surface area contributed by atoms with Crippen molar-refractivity contribution in [2.24, 2.45) is 0 Å². The summed E-state index contributed by atoms with van der Waals surface area (Å²) >= 11 is 0. The Hall–Kier alpha value is -3.02. The van der Waals surface area contributed by atoms with Crippen LogP contribution in [0.5, 0.6) is 5.75 Å². The van der Waals surface area contributed by atoms with Gasteiger partial charge < -0.3 is 20.7 Å². The lowest BCUT2D eigenvalue weighted by molar-refractivity contribution is -0.114. The number of hydrogen-bond donors (Lipinski definition) is 3. The zero-order chi connectivity index (χ0) is 18.2. The molecule has 0 aliphatic rings. The molecule has 2 rings (SSSR count). The van der Waals surface area contributed by atoms with Crippen LogP contribution in [-0.2, 0) is 4.79 Å². The summed E-state index contributed by atoms with van der Waals surface area (Å²) in [6.45, 7) is 4.02. The van der Waals surface area contributed by atoms with E-state index in [4.69, 9.17) is 4.74 Å². The number of hydrogen-bond acceptors (Lipinski definition) is 4.